The standard InChI is InChI=1S/C24H28N2O6/c1-15(2)14-32-19-13-17(5-6-18(19)31-4)21-20(22(27)16-7-9-25-10-8-16)23(28)24(29)26(21)11-12-30-3/h5-10,13,15,21,27H,11-12,14H2,1-4H3/b22-20-. The largest absolute Gasteiger partial charge is 0.507 e. The normalized spacial score (nSPS) is 17.8. The number of carbonyl (C=O) groups is 2. The van der Waals surface area contributed by atoms with Gasteiger partial charge in [0.05, 0.1) is 31.9 Å². The Hall–Kier alpha value is -3.39. The summed E-state index contributed by atoms with van der Waals surface area (Å²) in [6.07, 6.45) is 3.02. The summed E-state index contributed by atoms with van der Waals surface area (Å²) in [4.78, 5) is 31.2. The lowest BCUT2D eigenvalue weighted by Crippen LogP contribution is -2.32. The van der Waals surface area contributed by atoms with Gasteiger partial charge in [-0.3, -0.25) is 14.6 Å². The van der Waals surface area contributed by atoms with E-state index in [1.165, 1.54) is 24.4 Å². The van der Waals surface area contributed by atoms with Crippen molar-refractivity contribution in [2.75, 3.05) is 34.0 Å². The van der Waals surface area contributed by atoms with Gasteiger partial charge in [0, 0.05) is 31.6 Å². The monoisotopic (exact) mass is 440 g/mol. The molecule has 3 rings (SSSR count). The first-order valence-electron chi connectivity index (χ1n) is 10.4. The van der Waals surface area contributed by atoms with Crippen molar-refractivity contribution in [3.63, 3.8) is 0 Å². The van der Waals surface area contributed by atoms with Crippen LogP contribution in [0.25, 0.3) is 5.76 Å². The molecule has 170 valence electrons. The highest BCUT2D eigenvalue weighted by atomic mass is 16.5. The second-order valence-electron chi connectivity index (χ2n) is 7.84. The number of carbonyl (C=O) groups excluding carboxylic acids is 2. The number of amides is 1. The Morgan fingerprint density at radius 2 is 1.84 bits per heavy atom. The third kappa shape index (κ3) is 4.75. The third-order valence-corrected chi connectivity index (χ3v) is 5.11. The fraction of sp³-hybridized carbons (Fsp3) is 0.375. The van der Waals surface area contributed by atoms with Gasteiger partial charge in [-0.1, -0.05) is 19.9 Å². The number of hydrogen-bond acceptors (Lipinski definition) is 7. The van der Waals surface area contributed by atoms with Crippen molar-refractivity contribution in [2.24, 2.45) is 5.92 Å². The maximum atomic E-state index is 13.0. The molecule has 8 nitrogen and oxygen atoms in total. The molecule has 1 aliphatic heterocycles. The number of methoxy groups -OCH3 is 2. The summed E-state index contributed by atoms with van der Waals surface area (Å²) in [6, 6.07) is 7.61. The minimum atomic E-state index is -0.800. The average molecular weight is 440 g/mol. The van der Waals surface area contributed by atoms with Gasteiger partial charge in [0.2, 0.25) is 0 Å². The molecule has 1 aliphatic rings. The summed E-state index contributed by atoms with van der Waals surface area (Å²) in [5, 5.41) is 11.0. The lowest BCUT2D eigenvalue weighted by molar-refractivity contribution is -0.140. The smallest absolute Gasteiger partial charge is 0.295 e. The molecule has 1 aromatic carbocycles. The molecule has 1 amide bonds. The predicted molar refractivity (Wildman–Crippen MR) is 118 cm³/mol. The van der Waals surface area contributed by atoms with Gasteiger partial charge in [-0.25, -0.2) is 0 Å². The van der Waals surface area contributed by atoms with E-state index in [2.05, 4.69) is 4.98 Å². The molecule has 1 fully saturated rings. The SMILES string of the molecule is COCCN1C(=O)C(=O)/C(=C(\O)c2ccncc2)C1c1ccc(OC)c(OCC(C)C)c1. The van der Waals surface area contributed by atoms with Crippen LogP contribution in [-0.2, 0) is 14.3 Å². The Morgan fingerprint density at radius 3 is 2.47 bits per heavy atom. The Bertz CT molecular complexity index is 1000. The van der Waals surface area contributed by atoms with Crippen LogP contribution in [0.2, 0.25) is 0 Å². The number of ketones is 1. The highest BCUT2D eigenvalue weighted by molar-refractivity contribution is 6.46. The van der Waals surface area contributed by atoms with E-state index in [1.807, 2.05) is 13.8 Å². The minimum absolute atomic E-state index is 0.0114. The van der Waals surface area contributed by atoms with Gasteiger partial charge in [0.1, 0.15) is 5.76 Å². The quantitative estimate of drug-likeness (QED) is 0.363. The van der Waals surface area contributed by atoms with E-state index >= 15 is 0 Å². The molecular formula is C24H28N2O6. The number of likely N-dealkylation sites (tertiary alicyclic amines) is 1. The number of ether oxygens (including phenoxy) is 3. The number of hydrogen-bond donors (Lipinski definition) is 1. The van der Waals surface area contributed by atoms with Gasteiger partial charge < -0.3 is 24.2 Å². The summed E-state index contributed by atoms with van der Waals surface area (Å²) in [6.45, 7) is 4.97. The number of Topliss-reactive ketones (excluding diaryl/α,β-unsaturated/α-hetero) is 1. The van der Waals surface area contributed by atoms with Crippen molar-refractivity contribution in [2.45, 2.75) is 19.9 Å². The topological polar surface area (TPSA) is 98.2 Å². The zero-order valence-electron chi connectivity index (χ0n) is 18.7. The molecule has 0 bridgehead atoms. The summed E-state index contributed by atoms with van der Waals surface area (Å²) in [5.41, 5.74) is 1.03. The predicted octanol–water partition coefficient (Wildman–Crippen LogP) is 3.19. The van der Waals surface area contributed by atoms with Crippen LogP contribution < -0.4 is 9.47 Å². The van der Waals surface area contributed by atoms with Gasteiger partial charge in [-0.15, -0.1) is 0 Å². The van der Waals surface area contributed by atoms with E-state index in [-0.39, 0.29) is 24.5 Å². The van der Waals surface area contributed by atoms with Crippen LogP contribution >= 0.6 is 0 Å². The van der Waals surface area contributed by atoms with Gasteiger partial charge >= 0.3 is 0 Å². The molecule has 1 unspecified atom stereocenters. The number of benzene rings is 1. The van der Waals surface area contributed by atoms with Crippen molar-refractivity contribution >= 4 is 17.4 Å². The Balaban J connectivity index is 2.14. The molecule has 1 saturated heterocycles. The van der Waals surface area contributed by atoms with Crippen LogP contribution in [0, 0.1) is 5.92 Å². The zero-order valence-corrected chi connectivity index (χ0v) is 18.7. The Kier molecular flexibility index (Phi) is 7.48. The van der Waals surface area contributed by atoms with E-state index in [4.69, 9.17) is 14.2 Å². The van der Waals surface area contributed by atoms with E-state index in [0.29, 0.717) is 35.2 Å². The first kappa shape index (κ1) is 23.3. The van der Waals surface area contributed by atoms with Crippen LogP contribution in [0.1, 0.15) is 31.0 Å². The van der Waals surface area contributed by atoms with Gasteiger partial charge in [0.25, 0.3) is 11.7 Å². The molecule has 1 N–H and O–H groups in total. The van der Waals surface area contributed by atoms with Gasteiger partial charge in [-0.2, -0.15) is 0 Å². The van der Waals surface area contributed by atoms with E-state index in [9.17, 15) is 14.7 Å². The van der Waals surface area contributed by atoms with E-state index < -0.39 is 17.7 Å². The van der Waals surface area contributed by atoms with Crippen LogP contribution in [0.5, 0.6) is 11.5 Å². The number of aliphatic hydroxyl groups is 1. The molecule has 8 heteroatoms. The van der Waals surface area contributed by atoms with Crippen LogP contribution in [0.3, 0.4) is 0 Å². The molecule has 0 aliphatic carbocycles. The highest BCUT2D eigenvalue weighted by Gasteiger charge is 2.46. The van der Waals surface area contributed by atoms with E-state index in [0.717, 1.165) is 0 Å². The van der Waals surface area contributed by atoms with Crippen molar-refractivity contribution in [1.29, 1.82) is 0 Å². The molecule has 1 aromatic heterocycles. The van der Waals surface area contributed by atoms with Crippen molar-refractivity contribution in [3.8, 4) is 11.5 Å². The maximum Gasteiger partial charge on any atom is 0.295 e. The first-order chi connectivity index (χ1) is 15.4. The zero-order chi connectivity index (χ0) is 23.3. The number of rotatable bonds is 9. The molecular weight excluding hydrogens is 412 g/mol. The molecule has 1 atom stereocenters. The number of nitrogens with zero attached hydrogens (tertiary/aromatic N) is 2. The fourth-order valence-corrected chi connectivity index (χ4v) is 3.54. The van der Waals surface area contributed by atoms with Crippen LogP contribution in [0.15, 0.2) is 48.3 Å². The van der Waals surface area contributed by atoms with Gasteiger partial charge in [0.15, 0.2) is 11.5 Å². The lowest BCUT2D eigenvalue weighted by atomic mass is 9.95. The van der Waals surface area contributed by atoms with Gasteiger partial charge in [-0.05, 0) is 35.7 Å². The lowest BCUT2D eigenvalue weighted by Gasteiger charge is -2.26. The summed E-state index contributed by atoms with van der Waals surface area (Å²) in [7, 11) is 3.07. The van der Waals surface area contributed by atoms with Crippen molar-refractivity contribution in [3.05, 3.63) is 59.4 Å². The van der Waals surface area contributed by atoms with Crippen molar-refractivity contribution in [1.82, 2.24) is 9.88 Å². The summed E-state index contributed by atoms with van der Waals surface area (Å²) in [5.74, 6) is -0.361. The highest BCUT2D eigenvalue weighted by Crippen LogP contribution is 2.41. The summed E-state index contributed by atoms with van der Waals surface area (Å²) >= 11 is 0. The molecule has 0 radical (unpaired) electrons. The Labute approximate surface area is 187 Å². The maximum absolute atomic E-state index is 13.0. The first-order valence-corrected chi connectivity index (χ1v) is 10.4. The second-order valence-corrected chi connectivity index (χ2v) is 7.84. The fourth-order valence-electron chi connectivity index (χ4n) is 3.54. The number of pyridine rings is 1. The summed E-state index contributed by atoms with van der Waals surface area (Å²) < 4.78 is 16.5. The van der Waals surface area contributed by atoms with Crippen LogP contribution in [-0.4, -0.2) is 60.7 Å². The minimum Gasteiger partial charge on any atom is -0.507 e. The number of aromatic nitrogens is 1. The third-order valence-electron chi connectivity index (χ3n) is 5.11. The second kappa shape index (κ2) is 10.3. The van der Waals surface area contributed by atoms with E-state index in [1.54, 1.807) is 37.4 Å². The molecule has 0 spiro atoms. The van der Waals surface area contributed by atoms with Crippen LogP contribution in [0.4, 0.5) is 0 Å². The number of aliphatic hydroxyl groups excluding tert-OH is 1. The van der Waals surface area contributed by atoms with Crippen molar-refractivity contribution < 1.29 is 28.9 Å². The molecule has 2 heterocycles. The molecule has 32 heavy (non-hydrogen) atoms. The molecule has 2 aromatic rings. The molecule has 0 saturated carbocycles. The Morgan fingerprint density at radius 1 is 1.12 bits per heavy atom. The average Bonchev–Trinajstić information content (AvgIpc) is 3.06.